The molecule has 20 heavy (non-hydrogen) atoms. The van der Waals surface area contributed by atoms with Gasteiger partial charge in [0.2, 0.25) is 0 Å². The number of para-hydroxylation sites is 1. The van der Waals surface area contributed by atoms with Crippen LogP contribution in [0, 0.1) is 0 Å². The molecule has 5 heteroatoms. The highest BCUT2D eigenvalue weighted by Gasteiger charge is 2.08. The fourth-order valence-corrected chi connectivity index (χ4v) is 2.30. The molecule has 0 aliphatic rings. The van der Waals surface area contributed by atoms with E-state index in [1.807, 2.05) is 25.4 Å². The van der Waals surface area contributed by atoms with Crippen molar-refractivity contribution in [1.82, 2.24) is 15.0 Å². The Bertz CT molecular complexity index is 719. The van der Waals surface area contributed by atoms with Gasteiger partial charge in [-0.2, -0.15) is 0 Å². The summed E-state index contributed by atoms with van der Waals surface area (Å²) in [5.74, 6) is 1.54. The quantitative estimate of drug-likeness (QED) is 0.759. The Morgan fingerprint density at radius 1 is 1.25 bits per heavy atom. The van der Waals surface area contributed by atoms with Gasteiger partial charge in [0.05, 0.1) is 6.54 Å². The first-order chi connectivity index (χ1) is 9.78. The average molecular weight is 267 g/mol. The summed E-state index contributed by atoms with van der Waals surface area (Å²) in [7, 11) is 2.02. The van der Waals surface area contributed by atoms with Crippen molar-refractivity contribution in [3.8, 4) is 0 Å². The van der Waals surface area contributed by atoms with E-state index in [0.717, 1.165) is 17.9 Å². The molecular weight excluding hydrogens is 250 g/mol. The summed E-state index contributed by atoms with van der Waals surface area (Å²) in [5.41, 5.74) is 7.98. The third kappa shape index (κ3) is 2.35. The molecule has 2 heterocycles. The number of nitrogens with one attached hydrogen (secondary N) is 1. The lowest BCUT2D eigenvalue weighted by atomic mass is 10.1. The molecule has 0 saturated heterocycles. The maximum Gasteiger partial charge on any atom is 0.144 e. The maximum absolute atomic E-state index is 5.58. The first-order valence-electron chi connectivity index (χ1n) is 6.56. The van der Waals surface area contributed by atoms with Crippen molar-refractivity contribution >= 4 is 16.7 Å². The minimum Gasteiger partial charge on any atom is -0.361 e. The molecule has 5 nitrogen and oxygen atoms in total. The summed E-state index contributed by atoms with van der Waals surface area (Å²) < 4.78 is 0. The predicted molar refractivity (Wildman–Crippen MR) is 80.3 cm³/mol. The van der Waals surface area contributed by atoms with Gasteiger partial charge in [0.25, 0.3) is 0 Å². The molecule has 2 aromatic heterocycles. The van der Waals surface area contributed by atoms with Gasteiger partial charge in [-0.05, 0) is 17.7 Å². The molecule has 0 saturated carbocycles. The molecule has 0 bridgehead atoms. The molecule has 0 aliphatic carbocycles. The molecule has 3 aromatic rings. The van der Waals surface area contributed by atoms with Gasteiger partial charge < -0.3 is 15.6 Å². The average Bonchev–Trinajstić information content (AvgIpc) is 2.90. The Morgan fingerprint density at radius 3 is 2.95 bits per heavy atom. The van der Waals surface area contributed by atoms with Crippen LogP contribution < -0.4 is 10.6 Å². The number of anilines is 1. The molecule has 0 atom stereocenters. The molecule has 0 amide bonds. The second-order valence-electron chi connectivity index (χ2n) is 4.75. The molecule has 0 unspecified atom stereocenters. The maximum atomic E-state index is 5.58. The van der Waals surface area contributed by atoms with Gasteiger partial charge in [0.15, 0.2) is 0 Å². The van der Waals surface area contributed by atoms with Crippen LogP contribution in [0.3, 0.4) is 0 Å². The largest absolute Gasteiger partial charge is 0.361 e. The van der Waals surface area contributed by atoms with E-state index in [0.29, 0.717) is 12.4 Å². The highest BCUT2D eigenvalue weighted by atomic mass is 15.2. The number of nitrogens with two attached hydrogens (primary N) is 1. The van der Waals surface area contributed by atoms with E-state index >= 15 is 0 Å². The van der Waals surface area contributed by atoms with Crippen molar-refractivity contribution in [3.05, 3.63) is 54.1 Å². The van der Waals surface area contributed by atoms with Gasteiger partial charge in [0.1, 0.15) is 11.6 Å². The zero-order chi connectivity index (χ0) is 13.9. The lowest BCUT2D eigenvalue weighted by molar-refractivity contribution is 0.851. The molecule has 102 valence electrons. The van der Waals surface area contributed by atoms with Gasteiger partial charge in [-0.3, -0.25) is 0 Å². The van der Waals surface area contributed by atoms with Crippen molar-refractivity contribution in [3.63, 3.8) is 0 Å². The highest BCUT2D eigenvalue weighted by molar-refractivity contribution is 5.83. The molecule has 3 rings (SSSR count). The minimum absolute atomic E-state index is 0.356. The first kappa shape index (κ1) is 12.6. The van der Waals surface area contributed by atoms with Crippen LogP contribution in [0.25, 0.3) is 10.9 Å². The van der Waals surface area contributed by atoms with E-state index in [2.05, 4.69) is 38.1 Å². The summed E-state index contributed by atoms with van der Waals surface area (Å²) in [6.07, 6.45) is 3.79. The third-order valence-electron chi connectivity index (χ3n) is 3.35. The number of aromatic amines is 1. The number of rotatable bonds is 4. The molecule has 0 radical (unpaired) electrons. The third-order valence-corrected chi connectivity index (χ3v) is 3.35. The summed E-state index contributed by atoms with van der Waals surface area (Å²) in [6, 6.07) is 10.2. The molecule has 0 spiro atoms. The van der Waals surface area contributed by atoms with E-state index in [4.69, 9.17) is 5.73 Å². The van der Waals surface area contributed by atoms with Crippen LogP contribution in [0.15, 0.2) is 42.7 Å². The number of benzene rings is 1. The number of fused-ring (bicyclic) bond motifs is 1. The van der Waals surface area contributed by atoms with Crippen LogP contribution in [-0.4, -0.2) is 22.0 Å². The number of hydrogen-bond donors (Lipinski definition) is 2. The van der Waals surface area contributed by atoms with Crippen LogP contribution in [0.2, 0.25) is 0 Å². The Balaban J connectivity index is 1.86. The summed E-state index contributed by atoms with van der Waals surface area (Å²) in [5, 5.41) is 1.24. The van der Waals surface area contributed by atoms with E-state index in [9.17, 15) is 0 Å². The summed E-state index contributed by atoms with van der Waals surface area (Å²) in [6.45, 7) is 1.14. The SMILES string of the molecule is CN(Cc1c[nH]c2ccccc12)c1ccnc(CN)n1. The zero-order valence-electron chi connectivity index (χ0n) is 11.4. The number of nitrogens with zero attached hydrogens (tertiary/aromatic N) is 3. The fraction of sp³-hybridized carbons (Fsp3) is 0.200. The Kier molecular flexibility index (Phi) is 3.35. The topological polar surface area (TPSA) is 70.8 Å². The smallest absolute Gasteiger partial charge is 0.144 e. The normalized spacial score (nSPS) is 10.9. The number of H-pyrrole nitrogens is 1. The predicted octanol–water partition coefficient (Wildman–Crippen LogP) is 2.05. The van der Waals surface area contributed by atoms with Gasteiger partial charge in [-0.1, -0.05) is 18.2 Å². The number of aromatic nitrogens is 3. The minimum atomic E-state index is 0.356. The first-order valence-corrected chi connectivity index (χ1v) is 6.56. The Labute approximate surface area is 117 Å². The standard InChI is InChI=1S/C15H17N5/c1-20(15-6-7-17-14(8-16)19-15)10-11-9-18-13-5-3-2-4-12(11)13/h2-7,9,18H,8,10,16H2,1H3. The Morgan fingerprint density at radius 2 is 2.10 bits per heavy atom. The number of hydrogen-bond acceptors (Lipinski definition) is 4. The summed E-state index contributed by atoms with van der Waals surface area (Å²) >= 11 is 0. The van der Waals surface area contributed by atoms with Crippen molar-refractivity contribution < 1.29 is 0 Å². The van der Waals surface area contributed by atoms with Crippen molar-refractivity contribution in [2.45, 2.75) is 13.1 Å². The van der Waals surface area contributed by atoms with E-state index < -0.39 is 0 Å². The lowest BCUT2D eigenvalue weighted by Gasteiger charge is -2.18. The van der Waals surface area contributed by atoms with Gasteiger partial charge in [0, 0.05) is 36.9 Å². The van der Waals surface area contributed by atoms with Crippen LogP contribution in [0.1, 0.15) is 11.4 Å². The summed E-state index contributed by atoms with van der Waals surface area (Å²) in [4.78, 5) is 13.9. The van der Waals surface area contributed by atoms with Gasteiger partial charge in [-0.25, -0.2) is 9.97 Å². The fourth-order valence-electron chi connectivity index (χ4n) is 2.30. The van der Waals surface area contributed by atoms with E-state index in [1.54, 1.807) is 6.20 Å². The van der Waals surface area contributed by atoms with Gasteiger partial charge in [-0.15, -0.1) is 0 Å². The molecular formula is C15H17N5. The van der Waals surface area contributed by atoms with Crippen molar-refractivity contribution in [1.29, 1.82) is 0 Å². The van der Waals surface area contributed by atoms with E-state index in [1.165, 1.54) is 10.9 Å². The van der Waals surface area contributed by atoms with Crippen molar-refractivity contribution in [2.75, 3.05) is 11.9 Å². The highest BCUT2D eigenvalue weighted by Crippen LogP contribution is 2.20. The zero-order valence-corrected chi connectivity index (χ0v) is 11.4. The van der Waals surface area contributed by atoms with Crippen LogP contribution >= 0.6 is 0 Å². The van der Waals surface area contributed by atoms with Crippen LogP contribution in [-0.2, 0) is 13.1 Å². The lowest BCUT2D eigenvalue weighted by Crippen LogP contribution is -2.18. The monoisotopic (exact) mass is 267 g/mol. The molecule has 0 aliphatic heterocycles. The van der Waals surface area contributed by atoms with Crippen LogP contribution in [0.5, 0.6) is 0 Å². The molecule has 1 aromatic carbocycles. The van der Waals surface area contributed by atoms with E-state index in [-0.39, 0.29) is 0 Å². The molecule has 0 fully saturated rings. The van der Waals surface area contributed by atoms with Gasteiger partial charge >= 0.3 is 0 Å². The molecule has 3 N–H and O–H groups in total. The second kappa shape index (κ2) is 5.30. The van der Waals surface area contributed by atoms with Crippen LogP contribution in [0.4, 0.5) is 5.82 Å². The van der Waals surface area contributed by atoms with Crippen molar-refractivity contribution in [2.24, 2.45) is 5.73 Å². The second-order valence-corrected chi connectivity index (χ2v) is 4.75. The Hall–Kier alpha value is -2.40.